The second-order valence-corrected chi connectivity index (χ2v) is 7.29. The predicted molar refractivity (Wildman–Crippen MR) is 72.6 cm³/mol. The molecule has 1 aliphatic heterocycles. The highest BCUT2D eigenvalue weighted by Gasteiger charge is 2.36. The number of aliphatic hydroxyl groups excluding tert-OH is 1. The fourth-order valence-corrected chi connectivity index (χ4v) is 4.04. The summed E-state index contributed by atoms with van der Waals surface area (Å²) in [7, 11) is -3.11. The van der Waals surface area contributed by atoms with Gasteiger partial charge < -0.3 is 10.4 Å². The van der Waals surface area contributed by atoms with Crippen LogP contribution in [0.1, 0.15) is 25.3 Å². The van der Waals surface area contributed by atoms with Gasteiger partial charge in [0, 0.05) is 5.69 Å². The van der Waals surface area contributed by atoms with Crippen LogP contribution in [0, 0.1) is 0 Å². The Labute approximate surface area is 108 Å². The first-order valence-electron chi connectivity index (χ1n) is 6.13. The minimum absolute atomic E-state index is 0.000591. The van der Waals surface area contributed by atoms with Crippen molar-refractivity contribution in [1.82, 2.24) is 0 Å². The average molecular weight is 269 g/mol. The van der Waals surface area contributed by atoms with Crippen LogP contribution in [0.2, 0.25) is 0 Å². The molecular weight excluding hydrogens is 250 g/mol. The summed E-state index contributed by atoms with van der Waals surface area (Å²) in [6.07, 6.45) is -0.824. The van der Waals surface area contributed by atoms with Gasteiger partial charge in [-0.1, -0.05) is 32.0 Å². The van der Waals surface area contributed by atoms with Gasteiger partial charge in [-0.05, 0) is 17.5 Å². The zero-order valence-corrected chi connectivity index (χ0v) is 11.4. The molecule has 0 aromatic heterocycles. The van der Waals surface area contributed by atoms with Crippen molar-refractivity contribution in [2.45, 2.75) is 31.9 Å². The number of rotatable bonds is 3. The highest BCUT2D eigenvalue weighted by atomic mass is 32.2. The largest absolute Gasteiger partial charge is 0.390 e. The van der Waals surface area contributed by atoms with E-state index in [1.807, 2.05) is 24.3 Å². The van der Waals surface area contributed by atoms with Crippen molar-refractivity contribution in [1.29, 1.82) is 0 Å². The first-order valence-corrected chi connectivity index (χ1v) is 7.95. The summed E-state index contributed by atoms with van der Waals surface area (Å²) >= 11 is 0. The van der Waals surface area contributed by atoms with Gasteiger partial charge in [0.05, 0.1) is 23.7 Å². The van der Waals surface area contributed by atoms with E-state index < -0.39 is 22.0 Å². The Hall–Kier alpha value is -1.07. The molecule has 4 nitrogen and oxygen atoms in total. The lowest BCUT2D eigenvalue weighted by molar-refractivity contribution is 0.190. The zero-order valence-electron chi connectivity index (χ0n) is 10.6. The number of benzene rings is 1. The molecule has 1 aromatic rings. The van der Waals surface area contributed by atoms with E-state index in [1.165, 1.54) is 0 Å². The summed E-state index contributed by atoms with van der Waals surface area (Å²) in [6, 6.07) is 7.40. The SMILES string of the molecule is CC(C)c1ccccc1NC1CS(=O)(=O)CC1O. The van der Waals surface area contributed by atoms with Gasteiger partial charge >= 0.3 is 0 Å². The molecule has 1 fully saturated rings. The first kappa shape index (κ1) is 13.4. The minimum atomic E-state index is -3.11. The smallest absolute Gasteiger partial charge is 0.155 e. The number of hydrogen-bond donors (Lipinski definition) is 2. The van der Waals surface area contributed by atoms with Crippen LogP contribution < -0.4 is 5.32 Å². The lowest BCUT2D eigenvalue weighted by Gasteiger charge is -2.20. The van der Waals surface area contributed by atoms with Gasteiger partial charge in [-0.3, -0.25) is 0 Å². The maximum Gasteiger partial charge on any atom is 0.155 e. The first-order chi connectivity index (χ1) is 8.39. The predicted octanol–water partition coefficient (Wildman–Crippen LogP) is 1.38. The van der Waals surface area contributed by atoms with E-state index in [2.05, 4.69) is 19.2 Å². The summed E-state index contributed by atoms with van der Waals surface area (Å²) in [5, 5.41) is 12.9. The highest BCUT2D eigenvalue weighted by Crippen LogP contribution is 2.26. The van der Waals surface area contributed by atoms with Gasteiger partial charge in [0.1, 0.15) is 0 Å². The molecule has 5 heteroatoms. The van der Waals surface area contributed by atoms with Crippen LogP contribution in [0.25, 0.3) is 0 Å². The molecule has 1 aliphatic rings. The Morgan fingerprint density at radius 1 is 1.28 bits per heavy atom. The Morgan fingerprint density at radius 3 is 2.50 bits per heavy atom. The quantitative estimate of drug-likeness (QED) is 0.870. The van der Waals surface area contributed by atoms with Gasteiger partial charge in [-0.25, -0.2) is 8.42 Å². The molecule has 0 aliphatic carbocycles. The molecule has 2 rings (SSSR count). The topological polar surface area (TPSA) is 66.4 Å². The van der Waals surface area contributed by atoms with Crippen LogP contribution in [-0.2, 0) is 9.84 Å². The molecule has 0 radical (unpaired) electrons. The third kappa shape index (κ3) is 2.84. The van der Waals surface area contributed by atoms with E-state index in [4.69, 9.17) is 0 Å². The van der Waals surface area contributed by atoms with Crippen LogP contribution in [-0.4, -0.2) is 37.2 Å². The van der Waals surface area contributed by atoms with Crippen molar-refractivity contribution in [3.8, 4) is 0 Å². The molecule has 0 spiro atoms. The van der Waals surface area contributed by atoms with Crippen molar-refractivity contribution >= 4 is 15.5 Å². The van der Waals surface area contributed by atoms with Crippen LogP contribution >= 0.6 is 0 Å². The number of hydrogen-bond acceptors (Lipinski definition) is 4. The fraction of sp³-hybridized carbons (Fsp3) is 0.538. The van der Waals surface area contributed by atoms with E-state index in [-0.39, 0.29) is 11.5 Å². The van der Waals surface area contributed by atoms with E-state index in [9.17, 15) is 13.5 Å². The molecule has 0 saturated carbocycles. The lowest BCUT2D eigenvalue weighted by Crippen LogP contribution is -2.32. The molecule has 100 valence electrons. The molecule has 0 amide bonds. The maximum absolute atomic E-state index is 11.5. The summed E-state index contributed by atoms with van der Waals surface area (Å²) < 4.78 is 22.9. The van der Waals surface area contributed by atoms with Crippen LogP contribution in [0.3, 0.4) is 0 Å². The maximum atomic E-state index is 11.5. The van der Waals surface area contributed by atoms with E-state index in [0.29, 0.717) is 5.92 Å². The molecular formula is C13H19NO3S. The molecule has 0 bridgehead atoms. The average Bonchev–Trinajstić information content (AvgIpc) is 2.52. The summed E-state index contributed by atoms with van der Waals surface area (Å²) in [4.78, 5) is 0. The Bertz CT molecular complexity index is 525. The summed E-state index contributed by atoms with van der Waals surface area (Å²) in [5.74, 6) is 0.207. The van der Waals surface area contributed by atoms with Crippen LogP contribution in [0.4, 0.5) is 5.69 Å². The third-order valence-corrected chi connectivity index (χ3v) is 4.96. The normalized spacial score (nSPS) is 26.4. The molecule has 2 unspecified atom stereocenters. The number of sulfone groups is 1. The molecule has 2 atom stereocenters. The van der Waals surface area contributed by atoms with Gasteiger partial charge in [0.2, 0.25) is 0 Å². The van der Waals surface area contributed by atoms with Gasteiger partial charge in [0.15, 0.2) is 9.84 Å². The third-order valence-electron chi connectivity index (χ3n) is 3.25. The number of anilines is 1. The summed E-state index contributed by atoms with van der Waals surface area (Å²) in [5.41, 5.74) is 2.04. The van der Waals surface area contributed by atoms with Crippen molar-refractivity contribution in [2.24, 2.45) is 0 Å². The molecule has 1 aromatic carbocycles. The second kappa shape index (κ2) is 4.90. The van der Waals surface area contributed by atoms with E-state index in [1.54, 1.807) is 0 Å². The van der Waals surface area contributed by atoms with Crippen molar-refractivity contribution in [3.05, 3.63) is 29.8 Å². The molecule has 2 N–H and O–H groups in total. The fourth-order valence-electron chi connectivity index (χ4n) is 2.30. The highest BCUT2D eigenvalue weighted by molar-refractivity contribution is 7.91. The van der Waals surface area contributed by atoms with Gasteiger partial charge in [-0.2, -0.15) is 0 Å². The Morgan fingerprint density at radius 2 is 1.94 bits per heavy atom. The summed E-state index contributed by atoms with van der Waals surface area (Å²) in [6.45, 7) is 4.17. The number of aliphatic hydroxyl groups is 1. The Kier molecular flexibility index (Phi) is 3.64. The minimum Gasteiger partial charge on any atom is -0.390 e. The van der Waals surface area contributed by atoms with Crippen molar-refractivity contribution in [2.75, 3.05) is 16.8 Å². The molecule has 1 saturated heterocycles. The lowest BCUT2D eigenvalue weighted by atomic mass is 10.0. The monoisotopic (exact) mass is 269 g/mol. The Balaban J connectivity index is 2.20. The van der Waals surface area contributed by atoms with Crippen molar-refractivity contribution < 1.29 is 13.5 Å². The standard InChI is InChI=1S/C13H19NO3S/c1-9(2)10-5-3-4-6-11(10)14-12-7-18(16,17)8-13(12)15/h3-6,9,12-15H,7-8H2,1-2H3. The molecule has 18 heavy (non-hydrogen) atoms. The number of nitrogens with one attached hydrogen (secondary N) is 1. The molecule has 1 heterocycles. The van der Waals surface area contributed by atoms with E-state index in [0.717, 1.165) is 11.3 Å². The van der Waals surface area contributed by atoms with Gasteiger partial charge in [-0.15, -0.1) is 0 Å². The van der Waals surface area contributed by atoms with Crippen LogP contribution in [0.5, 0.6) is 0 Å². The second-order valence-electron chi connectivity index (χ2n) is 5.14. The number of para-hydroxylation sites is 1. The van der Waals surface area contributed by atoms with E-state index >= 15 is 0 Å². The van der Waals surface area contributed by atoms with Crippen molar-refractivity contribution in [3.63, 3.8) is 0 Å². The zero-order chi connectivity index (χ0) is 13.3. The van der Waals surface area contributed by atoms with Gasteiger partial charge in [0.25, 0.3) is 0 Å². The van der Waals surface area contributed by atoms with Crippen LogP contribution in [0.15, 0.2) is 24.3 Å².